The first kappa shape index (κ1) is 14.5. The van der Waals surface area contributed by atoms with Gasteiger partial charge >= 0.3 is 0 Å². The maximum Gasteiger partial charge on any atom is 0.0336 e. The van der Waals surface area contributed by atoms with Crippen molar-refractivity contribution in [3.05, 3.63) is 119 Å². The zero-order valence-electron chi connectivity index (χ0n) is 14.1. The Morgan fingerprint density at radius 3 is 1.80 bits per heavy atom. The first-order valence-electron chi connectivity index (χ1n) is 8.90. The Kier molecular flexibility index (Phi) is 3.08. The van der Waals surface area contributed by atoms with Crippen LogP contribution in [-0.2, 0) is 0 Å². The molecule has 25 heavy (non-hydrogen) atoms. The van der Waals surface area contributed by atoms with E-state index in [4.69, 9.17) is 0 Å². The first-order chi connectivity index (χ1) is 12.3. The van der Waals surface area contributed by atoms with Gasteiger partial charge in [-0.15, -0.1) is 0 Å². The fourth-order valence-corrected chi connectivity index (χ4v) is 4.77. The largest absolute Gasteiger partial charge is 0.0949 e. The summed E-state index contributed by atoms with van der Waals surface area (Å²) < 4.78 is 0. The van der Waals surface area contributed by atoms with E-state index in [0.29, 0.717) is 11.8 Å². The van der Waals surface area contributed by atoms with Gasteiger partial charge in [0.05, 0.1) is 0 Å². The molecule has 2 aromatic rings. The van der Waals surface area contributed by atoms with Crippen LogP contribution in [0.25, 0.3) is 12.2 Å². The SMILES string of the molecule is C=C1C=CC=CC1(C1C=Cc2ccccc21)C1C=Cc2ccccc21. The zero-order chi connectivity index (χ0) is 16.9. The van der Waals surface area contributed by atoms with Crippen molar-refractivity contribution in [1.29, 1.82) is 0 Å². The topological polar surface area (TPSA) is 0 Å². The summed E-state index contributed by atoms with van der Waals surface area (Å²) >= 11 is 0. The molecule has 0 nitrogen and oxygen atoms in total. The minimum atomic E-state index is -0.152. The number of hydrogen-bond donors (Lipinski definition) is 0. The van der Waals surface area contributed by atoms with Gasteiger partial charge in [0.2, 0.25) is 0 Å². The number of hydrogen-bond acceptors (Lipinski definition) is 0. The maximum absolute atomic E-state index is 4.50. The Bertz CT molecular complexity index is 919. The van der Waals surface area contributed by atoms with E-state index in [2.05, 4.69) is 104 Å². The van der Waals surface area contributed by atoms with Crippen LogP contribution in [0.5, 0.6) is 0 Å². The van der Waals surface area contributed by atoms with Crippen molar-refractivity contribution in [3.63, 3.8) is 0 Å². The van der Waals surface area contributed by atoms with Crippen LogP contribution in [0.2, 0.25) is 0 Å². The van der Waals surface area contributed by atoms with Gasteiger partial charge in [0.1, 0.15) is 0 Å². The van der Waals surface area contributed by atoms with Crippen LogP contribution >= 0.6 is 0 Å². The molecule has 0 radical (unpaired) electrons. The predicted octanol–water partition coefficient (Wildman–Crippen LogP) is 6.28. The Morgan fingerprint density at radius 1 is 0.680 bits per heavy atom. The molecular weight excluding hydrogens is 300 g/mol. The lowest BCUT2D eigenvalue weighted by atomic mass is 9.58. The van der Waals surface area contributed by atoms with E-state index in [1.54, 1.807) is 0 Å². The van der Waals surface area contributed by atoms with Crippen molar-refractivity contribution < 1.29 is 0 Å². The van der Waals surface area contributed by atoms with E-state index in [9.17, 15) is 0 Å². The van der Waals surface area contributed by atoms with Crippen molar-refractivity contribution in [2.45, 2.75) is 11.8 Å². The van der Waals surface area contributed by atoms with Crippen LogP contribution in [-0.4, -0.2) is 0 Å². The average molecular weight is 320 g/mol. The van der Waals surface area contributed by atoms with Gasteiger partial charge in [-0.2, -0.15) is 0 Å². The average Bonchev–Trinajstić information content (AvgIpc) is 3.27. The van der Waals surface area contributed by atoms with Gasteiger partial charge in [-0.3, -0.25) is 0 Å². The molecule has 2 atom stereocenters. The summed E-state index contributed by atoms with van der Waals surface area (Å²) in [7, 11) is 0. The number of rotatable bonds is 2. The fraction of sp³-hybridized carbons (Fsp3) is 0.120. The number of allylic oxidation sites excluding steroid dienone is 7. The minimum absolute atomic E-state index is 0.152. The molecule has 2 unspecified atom stereocenters. The minimum Gasteiger partial charge on any atom is -0.0949 e. The molecule has 0 bridgehead atoms. The fourth-order valence-electron chi connectivity index (χ4n) is 4.77. The van der Waals surface area contributed by atoms with Crippen LogP contribution in [0.15, 0.2) is 97.1 Å². The molecule has 0 heteroatoms. The van der Waals surface area contributed by atoms with E-state index in [-0.39, 0.29) is 5.41 Å². The van der Waals surface area contributed by atoms with Crippen LogP contribution in [0.3, 0.4) is 0 Å². The van der Waals surface area contributed by atoms with E-state index in [1.807, 2.05) is 0 Å². The molecule has 0 N–H and O–H groups in total. The summed E-state index contributed by atoms with van der Waals surface area (Å²) in [6, 6.07) is 17.5. The Morgan fingerprint density at radius 2 is 1.24 bits per heavy atom. The lowest BCUT2D eigenvalue weighted by molar-refractivity contribution is 0.381. The van der Waals surface area contributed by atoms with Gasteiger partial charge in [0.25, 0.3) is 0 Å². The van der Waals surface area contributed by atoms with E-state index in [0.717, 1.165) is 0 Å². The highest BCUT2D eigenvalue weighted by Crippen LogP contribution is 2.59. The van der Waals surface area contributed by atoms with Crippen molar-refractivity contribution in [3.8, 4) is 0 Å². The van der Waals surface area contributed by atoms with Gasteiger partial charge < -0.3 is 0 Å². The standard InChI is InChI=1S/C25H20/c1-18-8-6-7-17-25(18,23-15-13-19-9-2-4-11-21(19)23)24-16-14-20-10-3-5-12-22(20)24/h2-17,23-24H,1H2. The first-order valence-corrected chi connectivity index (χ1v) is 8.90. The van der Waals surface area contributed by atoms with Gasteiger partial charge in [0.15, 0.2) is 0 Å². The highest BCUT2D eigenvalue weighted by Gasteiger charge is 2.47. The molecule has 0 aliphatic heterocycles. The van der Waals surface area contributed by atoms with Crippen LogP contribution in [0, 0.1) is 5.41 Å². The van der Waals surface area contributed by atoms with Crippen molar-refractivity contribution >= 4 is 12.2 Å². The second kappa shape index (κ2) is 5.32. The zero-order valence-corrected chi connectivity index (χ0v) is 14.1. The molecule has 0 saturated heterocycles. The summed E-state index contributed by atoms with van der Waals surface area (Å²) in [5, 5.41) is 0. The Balaban J connectivity index is 1.73. The monoisotopic (exact) mass is 320 g/mol. The van der Waals surface area contributed by atoms with Gasteiger partial charge in [-0.25, -0.2) is 0 Å². The smallest absolute Gasteiger partial charge is 0.0336 e. The molecule has 120 valence electrons. The summed E-state index contributed by atoms with van der Waals surface area (Å²) in [6.45, 7) is 4.50. The Labute approximate surface area is 149 Å². The van der Waals surface area contributed by atoms with E-state index in [1.165, 1.54) is 27.8 Å². The summed E-state index contributed by atoms with van der Waals surface area (Å²) in [4.78, 5) is 0. The van der Waals surface area contributed by atoms with Crippen molar-refractivity contribution in [1.82, 2.24) is 0 Å². The molecule has 0 fully saturated rings. The van der Waals surface area contributed by atoms with Crippen molar-refractivity contribution in [2.75, 3.05) is 0 Å². The summed E-state index contributed by atoms with van der Waals surface area (Å²) in [5.74, 6) is 0.608. The molecule has 0 spiro atoms. The van der Waals surface area contributed by atoms with Gasteiger partial charge in [-0.05, 0) is 27.8 Å². The molecule has 3 aliphatic carbocycles. The normalized spacial score (nSPS) is 28.4. The quantitative estimate of drug-likeness (QED) is 0.611. The van der Waals surface area contributed by atoms with Crippen LogP contribution < -0.4 is 0 Å². The molecule has 5 rings (SSSR count). The third-order valence-corrected chi connectivity index (χ3v) is 5.96. The van der Waals surface area contributed by atoms with Crippen molar-refractivity contribution in [2.24, 2.45) is 5.41 Å². The third-order valence-electron chi connectivity index (χ3n) is 5.96. The maximum atomic E-state index is 4.50. The molecular formula is C25H20. The molecule has 0 heterocycles. The third kappa shape index (κ3) is 1.94. The summed E-state index contributed by atoms with van der Waals surface area (Å²) in [5.41, 5.74) is 6.51. The predicted molar refractivity (Wildman–Crippen MR) is 106 cm³/mol. The highest BCUT2D eigenvalue weighted by molar-refractivity contribution is 5.69. The van der Waals surface area contributed by atoms with E-state index >= 15 is 0 Å². The summed E-state index contributed by atoms with van der Waals surface area (Å²) in [6.07, 6.45) is 18.1. The molecule has 0 aromatic heterocycles. The van der Waals surface area contributed by atoms with E-state index < -0.39 is 0 Å². The van der Waals surface area contributed by atoms with Crippen LogP contribution in [0.1, 0.15) is 34.1 Å². The van der Waals surface area contributed by atoms with Gasteiger partial charge in [0, 0.05) is 17.3 Å². The molecule has 0 saturated carbocycles. The molecule has 3 aliphatic rings. The Hall–Kier alpha value is -2.86. The second-order valence-corrected chi connectivity index (χ2v) is 7.11. The lowest BCUT2D eigenvalue weighted by Gasteiger charge is -2.43. The number of benzene rings is 2. The molecule has 0 amide bonds. The number of fused-ring (bicyclic) bond motifs is 2. The van der Waals surface area contributed by atoms with Crippen LogP contribution in [0.4, 0.5) is 0 Å². The second-order valence-electron chi connectivity index (χ2n) is 7.11. The highest BCUT2D eigenvalue weighted by atomic mass is 14.5. The lowest BCUT2D eigenvalue weighted by Crippen LogP contribution is -2.33. The van der Waals surface area contributed by atoms with Gasteiger partial charge in [-0.1, -0.05) is 104 Å². The molecule has 2 aromatic carbocycles.